The Bertz CT molecular complexity index is 138. The molecule has 11 heavy (non-hydrogen) atoms. The second-order valence-electron chi connectivity index (χ2n) is 3.27. The zero-order chi connectivity index (χ0) is 8.27. The average molecular weight is 155 g/mol. The Morgan fingerprint density at radius 2 is 2.27 bits per heavy atom. The van der Waals surface area contributed by atoms with Crippen LogP contribution in [0.5, 0.6) is 0 Å². The van der Waals surface area contributed by atoms with Gasteiger partial charge < -0.3 is 10.5 Å². The quantitative estimate of drug-likeness (QED) is 0.624. The molecule has 0 unspecified atom stereocenters. The maximum atomic E-state index is 5.61. The van der Waals surface area contributed by atoms with Gasteiger partial charge in [0.2, 0.25) is 0 Å². The van der Waals surface area contributed by atoms with Crippen LogP contribution >= 0.6 is 0 Å². The van der Waals surface area contributed by atoms with Crippen molar-refractivity contribution in [3.8, 4) is 0 Å². The first-order chi connectivity index (χ1) is 5.22. The van der Waals surface area contributed by atoms with E-state index >= 15 is 0 Å². The minimum Gasteiger partial charge on any atom is -0.374 e. The van der Waals surface area contributed by atoms with Gasteiger partial charge in [0.1, 0.15) is 0 Å². The van der Waals surface area contributed by atoms with Gasteiger partial charge >= 0.3 is 0 Å². The lowest BCUT2D eigenvalue weighted by Crippen LogP contribution is -2.41. The Morgan fingerprint density at radius 3 is 2.73 bits per heavy atom. The SMILES string of the molecule is C=C(CC)COC1CC(N)C1. The lowest BCUT2D eigenvalue weighted by molar-refractivity contribution is 0.00321. The smallest absolute Gasteiger partial charge is 0.0677 e. The first kappa shape index (κ1) is 8.75. The van der Waals surface area contributed by atoms with Gasteiger partial charge in [-0.3, -0.25) is 0 Å². The summed E-state index contributed by atoms with van der Waals surface area (Å²) in [5.41, 5.74) is 6.78. The van der Waals surface area contributed by atoms with Crippen LogP contribution in [0.25, 0.3) is 0 Å². The van der Waals surface area contributed by atoms with E-state index in [1.165, 1.54) is 5.57 Å². The summed E-state index contributed by atoms with van der Waals surface area (Å²) in [6, 6.07) is 0.384. The summed E-state index contributed by atoms with van der Waals surface area (Å²) < 4.78 is 5.52. The van der Waals surface area contributed by atoms with E-state index in [4.69, 9.17) is 10.5 Å². The van der Waals surface area contributed by atoms with E-state index in [-0.39, 0.29) is 0 Å². The molecule has 0 atom stereocenters. The third-order valence-corrected chi connectivity index (χ3v) is 2.15. The Balaban J connectivity index is 2.00. The van der Waals surface area contributed by atoms with Crippen molar-refractivity contribution in [3.63, 3.8) is 0 Å². The molecular weight excluding hydrogens is 138 g/mol. The van der Waals surface area contributed by atoms with Crippen molar-refractivity contribution in [2.75, 3.05) is 6.61 Å². The van der Waals surface area contributed by atoms with Crippen molar-refractivity contribution >= 4 is 0 Å². The van der Waals surface area contributed by atoms with Crippen molar-refractivity contribution in [3.05, 3.63) is 12.2 Å². The highest BCUT2D eigenvalue weighted by molar-refractivity contribution is 4.93. The van der Waals surface area contributed by atoms with Gasteiger partial charge in [-0.1, -0.05) is 19.1 Å². The van der Waals surface area contributed by atoms with E-state index in [1.807, 2.05) is 0 Å². The Morgan fingerprint density at radius 1 is 1.64 bits per heavy atom. The van der Waals surface area contributed by atoms with Crippen molar-refractivity contribution in [2.45, 2.75) is 38.3 Å². The number of ether oxygens (including phenoxy) is 1. The molecule has 0 saturated heterocycles. The normalized spacial score (nSPS) is 29.6. The largest absolute Gasteiger partial charge is 0.374 e. The molecule has 2 nitrogen and oxygen atoms in total. The van der Waals surface area contributed by atoms with Gasteiger partial charge in [-0.05, 0) is 19.3 Å². The molecular formula is C9H17NO. The van der Waals surface area contributed by atoms with Crippen LogP contribution in [0, 0.1) is 0 Å². The van der Waals surface area contributed by atoms with Crippen LogP contribution in [-0.2, 0) is 4.74 Å². The van der Waals surface area contributed by atoms with Crippen LogP contribution in [0.2, 0.25) is 0 Å². The van der Waals surface area contributed by atoms with Crippen molar-refractivity contribution < 1.29 is 4.74 Å². The highest BCUT2D eigenvalue weighted by Gasteiger charge is 2.26. The molecule has 1 saturated carbocycles. The van der Waals surface area contributed by atoms with E-state index in [9.17, 15) is 0 Å². The van der Waals surface area contributed by atoms with Crippen LogP contribution in [0.15, 0.2) is 12.2 Å². The molecule has 0 heterocycles. The fourth-order valence-electron chi connectivity index (χ4n) is 1.08. The minimum atomic E-state index is 0.384. The van der Waals surface area contributed by atoms with E-state index in [0.717, 1.165) is 19.3 Å². The summed E-state index contributed by atoms with van der Waals surface area (Å²) >= 11 is 0. The highest BCUT2D eigenvalue weighted by atomic mass is 16.5. The van der Waals surface area contributed by atoms with Gasteiger partial charge in [0.25, 0.3) is 0 Å². The standard InChI is InChI=1S/C9H17NO/c1-3-7(2)6-11-9-4-8(10)5-9/h8-9H,2-6,10H2,1H3. The van der Waals surface area contributed by atoms with Crippen molar-refractivity contribution in [1.82, 2.24) is 0 Å². The Hall–Kier alpha value is -0.340. The Labute approximate surface area is 68.4 Å². The molecule has 0 radical (unpaired) electrons. The third-order valence-electron chi connectivity index (χ3n) is 2.15. The van der Waals surface area contributed by atoms with E-state index < -0.39 is 0 Å². The zero-order valence-corrected chi connectivity index (χ0v) is 7.18. The molecule has 0 aromatic carbocycles. The summed E-state index contributed by atoms with van der Waals surface area (Å²) in [6.07, 6.45) is 3.47. The van der Waals surface area contributed by atoms with E-state index in [1.54, 1.807) is 0 Å². The molecule has 64 valence electrons. The number of nitrogens with two attached hydrogens (primary N) is 1. The molecule has 0 bridgehead atoms. The van der Waals surface area contributed by atoms with Crippen LogP contribution in [-0.4, -0.2) is 18.8 Å². The van der Waals surface area contributed by atoms with Crippen molar-refractivity contribution in [1.29, 1.82) is 0 Å². The predicted molar refractivity (Wildman–Crippen MR) is 46.4 cm³/mol. The third kappa shape index (κ3) is 2.64. The molecule has 1 aliphatic rings. The number of hydrogen-bond donors (Lipinski definition) is 1. The van der Waals surface area contributed by atoms with Crippen LogP contribution in [0.4, 0.5) is 0 Å². The van der Waals surface area contributed by atoms with Gasteiger partial charge in [0, 0.05) is 6.04 Å². The second kappa shape index (κ2) is 3.88. The van der Waals surface area contributed by atoms with Crippen LogP contribution in [0.3, 0.4) is 0 Å². The lowest BCUT2D eigenvalue weighted by Gasteiger charge is -2.32. The summed E-state index contributed by atoms with van der Waals surface area (Å²) in [6.45, 7) is 6.68. The topological polar surface area (TPSA) is 35.2 Å². The molecule has 1 fully saturated rings. The van der Waals surface area contributed by atoms with Crippen LogP contribution in [0.1, 0.15) is 26.2 Å². The maximum absolute atomic E-state index is 5.61. The molecule has 0 amide bonds. The fraction of sp³-hybridized carbons (Fsp3) is 0.778. The molecule has 0 spiro atoms. The molecule has 1 rings (SSSR count). The number of rotatable bonds is 4. The Kier molecular flexibility index (Phi) is 3.09. The molecule has 0 aliphatic heterocycles. The van der Waals surface area contributed by atoms with Crippen molar-refractivity contribution in [2.24, 2.45) is 5.73 Å². The van der Waals surface area contributed by atoms with Gasteiger partial charge in [-0.15, -0.1) is 0 Å². The first-order valence-corrected chi connectivity index (χ1v) is 4.26. The highest BCUT2D eigenvalue weighted by Crippen LogP contribution is 2.21. The van der Waals surface area contributed by atoms with E-state index in [2.05, 4.69) is 13.5 Å². The average Bonchev–Trinajstić information content (AvgIpc) is 1.95. The summed E-state index contributed by atoms with van der Waals surface area (Å²) in [4.78, 5) is 0. The van der Waals surface area contributed by atoms with Gasteiger partial charge in [0.05, 0.1) is 12.7 Å². The number of hydrogen-bond acceptors (Lipinski definition) is 2. The fourth-order valence-corrected chi connectivity index (χ4v) is 1.08. The molecule has 2 N–H and O–H groups in total. The van der Waals surface area contributed by atoms with Crippen LogP contribution < -0.4 is 5.73 Å². The van der Waals surface area contributed by atoms with Gasteiger partial charge in [-0.2, -0.15) is 0 Å². The molecule has 0 aromatic rings. The van der Waals surface area contributed by atoms with Gasteiger partial charge in [-0.25, -0.2) is 0 Å². The maximum Gasteiger partial charge on any atom is 0.0677 e. The minimum absolute atomic E-state index is 0.384. The molecule has 0 aromatic heterocycles. The zero-order valence-electron chi connectivity index (χ0n) is 7.18. The molecule has 1 aliphatic carbocycles. The monoisotopic (exact) mass is 155 g/mol. The second-order valence-corrected chi connectivity index (χ2v) is 3.27. The summed E-state index contributed by atoms with van der Waals surface area (Å²) in [7, 11) is 0. The van der Waals surface area contributed by atoms with Gasteiger partial charge in [0.15, 0.2) is 0 Å². The first-order valence-electron chi connectivity index (χ1n) is 4.26. The summed E-state index contributed by atoms with van der Waals surface area (Å²) in [5.74, 6) is 0. The summed E-state index contributed by atoms with van der Waals surface area (Å²) in [5, 5.41) is 0. The molecule has 2 heteroatoms. The van der Waals surface area contributed by atoms with E-state index in [0.29, 0.717) is 18.8 Å². The lowest BCUT2D eigenvalue weighted by atomic mass is 9.90. The predicted octanol–water partition coefficient (Wildman–Crippen LogP) is 1.46.